The monoisotopic (exact) mass is 252 g/mol. The lowest BCUT2D eigenvalue weighted by Gasteiger charge is -2.32. The number of anilines is 2. The second-order valence-corrected chi connectivity index (χ2v) is 4.52. The number of aromatic nitrogens is 2. The molecule has 4 N–H and O–H groups in total. The third-order valence-corrected chi connectivity index (χ3v) is 3.15. The second-order valence-electron chi connectivity index (χ2n) is 4.52. The van der Waals surface area contributed by atoms with Crippen molar-refractivity contribution >= 4 is 17.7 Å². The Bertz CT molecular complexity index is 491. The Morgan fingerprint density at radius 3 is 2.78 bits per heavy atom. The number of nitrogen functional groups attached to an aromatic ring is 1. The summed E-state index contributed by atoms with van der Waals surface area (Å²) in [4.78, 5) is 30.3. The van der Waals surface area contributed by atoms with E-state index in [1.165, 1.54) is 6.07 Å². The number of carbonyl (C=O) groups is 1. The lowest BCUT2D eigenvalue weighted by atomic mass is 9.94. The van der Waals surface area contributed by atoms with Crippen molar-refractivity contribution in [1.29, 1.82) is 0 Å². The second kappa shape index (κ2) is 5.07. The lowest BCUT2D eigenvalue weighted by molar-refractivity contribution is -0.138. The van der Waals surface area contributed by atoms with E-state index in [0.29, 0.717) is 18.9 Å². The van der Waals surface area contributed by atoms with Crippen LogP contribution in [0.5, 0.6) is 0 Å². The summed E-state index contributed by atoms with van der Waals surface area (Å²) in [5.74, 6) is 0.111. The molecule has 7 nitrogen and oxygen atoms in total. The molecule has 2 heterocycles. The van der Waals surface area contributed by atoms with Gasteiger partial charge in [0.05, 0.1) is 0 Å². The van der Waals surface area contributed by atoms with Crippen LogP contribution in [0, 0.1) is 5.92 Å². The molecule has 0 atom stereocenters. The molecule has 1 aliphatic heterocycles. The fraction of sp³-hybridized carbons (Fsp3) is 0.545. The summed E-state index contributed by atoms with van der Waals surface area (Å²) in [6, 6.07) is 1.41. The Balaban J connectivity index is 2.01. The molecule has 1 aromatic heterocycles. The molecule has 1 saturated heterocycles. The minimum Gasteiger partial charge on any atom is -0.481 e. The van der Waals surface area contributed by atoms with Crippen molar-refractivity contribution in [2.75, 3.05) is 23.7 Å². The van der Waals surface area contributed by atoms with E-state index < -0.39 is 5.97 Å². The Hall–Kier alpha value is -2.05. The van der Waals surface area contributed by atoms with Crippen molar-refractivity contribution in [3.63, 3.8) is 0 Å². The van der Waals surface area contributed by atoms with Crippen LogP contribution in [0.15, 0.2) is 10.9 Å². The summed E-state index contributed by atoms with van der Waals surface area (Å²) in [5, 5.41) is 8.73. The van der Waals surface area contributed by atoms with E-state index in [9.17, 15) is 9.59 Å². The number of carboxylic acid groups (broad SMARTS) is 1. The number of hydrogen-bond acceptors (Lipinski definition) is 5. The van der Waals surface area contributed by atoms with Gasteiger partial charge in [-0.05, 0) is 18.8 Å². The molecule has 0 saturated carbocycles. The van der Waals surface area contributed by atoms with Crippen molar-refractivity contribution in [2.24, 2.45) is 5.92 Å². The third kappa shape index (κ3) is 2.99. The molecule has 0 unspecified atom stereocenters. The zero-order valence-corrected chi connectivity index (χ0v) is 9.93. The number of aromatic amines is 1. The van der Waals surface area contributed by atoms with Gasteiger partial charge in [-0.2, -0.15) is 4.98 Å². The summed E-state index contributed by atoms with van der Waals surface area (Å²) in [6.45, 7) is 1.40. The van der Waals surface area contributed by atoms with Crippen LogP contribution >= 0.6 is 0 Å². The number of rotatable bonds is 3. The largest absolute Gasteiger partial charge is 0.481 e. The number of nitrogens with two attached hydrogens (primary N) is 1. The van der Waals surface area contributed by atoms with Crippen LogP contribution in [0.1, 0.15) is 19.3 Å². The van der Waals surface area contributed by atoms with Gasteiger partial charge in [-0.15, -0.1) is 0 Å². The highest BCUT2D eigenvalue weighted by Gasteiger charge is 2.22. The Kier molecular flexibility index (Phi) is 3.50. The van der Waals surface area contributed by atoms with Crippen LogP contribution in [0.3, 0.4) is 0 Å². The first kappa shape index (κ1) is 12.4. The number of piperidine rings is 1. The molecule has 1 aliphatic rings. The van der Waals surface area contributed by atoms with Crippen molar-refractivity contribution in [2.45, 2.75) is 19.3 Å². The Morgan fingerprint density at radius 2 is 2.22 bits per heavy atom. The van der Waals surface area contributed by atoms with Crippen LogP contribution < -0.4 is 16.2 Å². The van der Waals surface area contributed by atoms with E-state index in [4.69, 9.17) is 10.8 Å². The highest BCUT2D eigenvalue weighted by molar-refractivity contribution is 5.67. The lowest BCUT2D eigenvalue weighted by Crippen LogP contribution is -2.35. The predicted molar refractivity (Wildman–Crippen MR) is 66.5 cm³/mol. The van der Waals surface area contributed by atoms with Crippen LogP contribution in [0.4, 0.5) is 11.8 Å². The van der Waals surface area contributed by atoms with E-state index in [1.54, 1.807) is 0 Å². The first-order chi connectivity index (χ1) is 8.54. The number of nitrogens with zero attached hydrogens (tertiary/aromatic N) is 2. The van der Waals surface area contributed by atoms with Crippen LogP contribution in [0.2, 0.25) is 0 Å². The molecule has 98 valence electrons. The molecular formula is C11H16N4O3. The molecule has 0 aliphatic carbocycles. The van der Waals surface area contributed by atoms with E-state index >= 15 is 0 Å². The van der Waals surface area contributed by atoms with Gasteiger partial charge in [0.1, 0.15) is 5.82 Å². The van der Waals surface area contributed by atoms with Gasteiger partial charge in [-0.25, -0.2) is 0 Å². The molecule has 1 fully saturated rings. The minimum atomic E-state index is -0.757. The normalized spacial score (nSPS) is 16.8. The summed E-state index contributed by atoms with van der Waals surface area (Å²) < 4.78 is 0. The minimum absolute atomic E-state index is 0.102. The van der Waals surface area contributed by atoms with Gasteiger partial charge in [0.25, 0.3) is 5.56 Å². The standard InChI is InChI=1S/C11H16N4O3/c12-11-13-8(6-9(16)14-11)15-3-1-7(2-4-15)5-10(17)18/h6-7H,1-5H2,(H,17,18)(H3,12,13,14,16). The Labute approximate surface area is 104 Å². The first-order valence-electron chi connectivity index (χ1n) is 5.88. The number of aliphatic carboxylic acids is 1. The number of carboxylic acids is 1. The number of hydrogen-bond donors (Lipinski definition) is 3. The molecule has 7 heteroatoms. The topological polar surface area (TPSA) is 112 Å². The van der Waals surface area contributed by atoms with Crippen molar-refractivity contribution in [3.8, 4) is 0 Å². The summed E-state index contributed by atoms with van der Waals surface area (Å²) >= 11 is 0. The molecule has 18 heavy (non-hydrogen) atoms. The average molecular weight is 252 g/mol. The SMILES string of the molecule is Nc1nc(N2CCC(CC(=O)O)CC2)cc(=O)[nH]1. The zero-order valence-electron chi connectivity index (χ0n) is 9.93. The van der Waals surface area contributed by atoms with Gasteiger partial charge >= 0.3 is 5.97 Å². The number of nitrogens with one attached hydrogen (secondary N) is 1. The maximum Gasteiger partial charge on any atom is 0.303 e. The summed E-state index contributed by atoms with van der Waals surface area (Å²) in [7, 11) is 0. The van der Waals surface area contributed by atoms with Crippen LogP contribution in [-0.4, -0.2) is 34.1 Å². The van der Waals surface area contributed by atoms with Gasteiger partial charge in [0, 0.05) is 25.6 Å². The summed E-state index contributed by atoms with van der Waals surface area (Å²) in [6.07, 6.45) is 1.79. The van der Waals surface area contributed by atoms with Crippen molar-refractivity contribution < 1.29 is 9.90 Å². The summed E-state index contributed by atoms with van der Waals surface area (Å²) in [5.41, 5.74) is 5.22. The third-order valence-electron chi connectivity index (χ3n) is 3.15. The van der Waals surface area contributed by atoms with E-state index in [1.807, 2.05) is 4.90 Å². The molecule has 0 bridgehead atoms. The fourth-order valence-electron chi connectivity index (χ4n) is 2.24. The van der Waals surface area contributed by atoms with E-state index in [2.05, 4.69) is 9.97 Å². The highest BCUT2D eigenvalue weighted by atomic mass is 16.4. The molecule has 0 radical (unpaired) electrons. The molecule has 0 amide bonds. The molecule has 2 rings (SSSR count). The van der Waals surface area contributed by atoms with Crippen LogP contribution in [-0.2, 0) is 4.79 Å². The maximum atomic E-state index is 11.3. The fourth-order valence-corrected chi connectivity index (χ4v) is 2.24. The van der Waals surface area contributed by atoms with Gasteiger partial charge in [-0.3, -0.25) is 14.6 Å². The molecular weight excluding hydrogens is 236 g/mol. The zero-order chi connectivity index (χ0) is 13.1. The van der Waals surface area contributed by atoms with Gasteiger partial charge in [-0.1, -0.05) is 0 Å². The van der Waals surface area contributed by atoms with Gasteiger partial charge in [0.15, 0.2) is 0 Å². The Morgan fingerprint density at radius 1 is 1.56 bits per heavy atom. The average Bonchev–Trinajstić information content (AvgIpc) is 2.27. The molecule has 1 aromatic rings. The quantitative estimate of drug-likeness (QED) is 0.700. The molecule has 0 aromatic carbocycles. The van der Waals surface area contributed by atoms with Crippen molar-refractivity contribution in [3.05, 3.63) is 16.4 Å². The number of H-pyrrole nitrogens is 1. The van der Waals surface area contributed by atoms with E-state index in [-0.39, 0.29) is 23.8 Å². The van der Waals surface area contributed by atoms with Crippen LogP contribution in [0.25, 0.3) is 0 Å². The smallest absolute Gasteiger partial charge is 0.303 e. The van der Waals surface area contributed by atoms with Gasteiger partial charge < -0.3 is 15.7 Å². The predicted octanol–water partition coefficient (Wildman–Crippen LogP) is 0.0432. The van der Waals surface area contributed by atoms with Crippen molar-refractivity contribution in [1.82, 2.24) is 9.97 Å². The van der Waals surface area contributed by atoms with Gasteiger partial charge in [0.2, 0.25) is 5.95 Å². The maximum absolute atomic E-state index is 11.3. The first-order valence-corrected chi connectivity index (χ1v) is 5.88. The molecule has 0 spiro atoms. The highest BCUT2D eigenvalue weighted by Crippen LogP contribution is 2.23. The van der Waals surface area contributed by atoms with E-state index in [0.717, 1.165) is 12.8 Å².